The highest BCUT2D eigenvalue weighted by Gasteiger charge is 2.48. The second kappa shape index (κ2) is 6.66. The van der Waals surface area contributed by atoms with Crippen molar-refractivity contribution in [1.29, 1.82) is 0 Å². The van der Waals surface area contributed by atoms with Gasteiger partial charge in [-0.3, -0.25) is 0 Å². The SMILES string of the molecule is O=C(O)[C@H]1O[C@@H](Oc2ccc3cc(Br)ccc3c2)[C@H](O)[C@@H](O)[C@@H]1O. The van der Waals surface area contributed by atoms with E-state index in [2.05, 4.69) is 15.9 Å². The molecule has 1 heterocycles. The Kier molecular flexibility index (Phi) is 4.75. The summed E-state index contributed by atoms with van der Waals surface area (Å²) in [6.45, 7) is 0. The predicted octanol–water partition coefficient (Wildman–Crippen LogP) is 0.873. The molecule has 0 aromatic heterocycles. The van der Waals surface area contributed by atoms with Gasteiger partial charge in [0.25, 0.3) is 0 Å². The zero-order chi connectivity index (χ0) is 17.4. The van der Waals surface area contributed by atoms with E-state index in [0.717, 1.165) is 15.2 Å². The first kappa shape index (κ1) is 17.1. The fraction of sp³-hybridized carbons (Fsp3) is 0.312. The molecule has 1 saturated heterocycles. The maximum absolute atomic E-state index is 11.1. The minimum absolute atomic E-state index is 0.335. The largest absolute Gasteiger partial charge is 0.479 e. The van der Waals surface area contributed by atoms with Gasteiger partial charge in [0.2, 0.25) is 6.29 Å². The molecular formula is C16H15BrO7. The second-order valence-corrected chi connectivity index (χ2v) is 6.42. The number of aliphatic carboxylic acids is 1. The van der Waals surface area contributed by atoms with Crippen LogP contribution in [0.3, 0.4) is 0 Å². The van der Waals surface area contributed by atoms with Gasteiger partial charge in [-0.05, 0) is 35.0 Å². The number of fused-ring (bicyclic) bond motifs is 1. The predicted molar refractivity (Wildman–Crippen MR) is 86.6 cm³/mol. The van der Waals surface area contributed by atoms with Crippen molar-refractivity contribution < 1.29 is 34.7 Å². The number of benzene rings is 2. The number of carboxylic acids is 1. The van der Waals surface area contributed by atoms with Gasteiger partial charge in [-0.15, -0.1) is 0 Å². The van der Waals surface area contributed by atoms with Crippen LogP contribution in [0.1, 0.15) is 0 Å². The molecule has 1 aliphatic heterocycles. The molecule has 2 aromatic rings. The Morgan fingerprint density at radius 1 is 1.00 bits per heavy atom. The van der Waals surface area contributed by atoms with Crippen molar-refractivity contribution in [1.82, 2.24) is 0 Å². The molecule has 8 heteroatoms. The van der Waals surface area contributed by atoms with Crippen LogP contribution in [0.2, 0.25) is 0 Å². The smallest absolute Gasteiger partial charge is 0.335 e. The Balaban J connectivity index is 1.83. The molecule has 0 aliphatic carbocycles. The molecule has 2 aromatic carbocycles. The van der Waals surface area contributed by atoms with Crippen LogP contribution in [0, 0.1) is 0 Å². The molecule has 0 unspecified atom stereocenters. The summed E-state index contributed by atoms with van der Waals surface area (Å²) in [6, 6.07) is 10.8. The molecular weight excluding hydrogens is 384 g/mol. The van der Waals surface area contributed by atoms with E-state index in [1.807, 2.05) is 18.2 Å². The number of rotatable bonds is 3. The molecule has 0 radical (unpaired) electrons. The number of aliphatic hydroxyl groups is 3. The second-order valence-electron chi connectivity index (χ2n) is 5.51. The van der Waals surface area contributed by atoms with Gasteiger partial charge in [0.05, 0.1) is 0 Å². The van der Waals surface area contributed by atoms with Crippen molar-refractivity contribution in [3.63, 3.8) is 0 Å². The number of hydrogen-bond donors (Lipinski definition) is 4. The van der Waals surface area contributed by atoms with Crippen LogP contribution in [0.5, 0.6) is 5.75 Å². The summed E-state index contributed by atoms with van der Waals surface area (Å²) in [5.41, 5.74) is 0. The minimum atomic E-state index is -1.74. The highest BCUT2D eigenvalue weighted by molar-refractivity contribution is 9.10. The summed E-state index contributed by atoms with van der Waals surface area (Å²) in [4.78, 5) is 11.1. The number of hydrogen-bond acceptors (Lipinski definition) is 6. The molecule has 0 amide bonds. The summed E-state index contributed by atoms with van der Waals surface area (Å²) in [6.07, 6.45) is -8.13. The first-order valence-electron chi connectivity index (χ1n) is 7.15. The first-order chi connectivity index (χ1) is 11.4. The molecule has 1 fully saturated rings. The molecule has 7 nitrogen and oxygen atoms in total. The molecule has 0 spiro atoms. The van der Waals surface area contributed by atoms with Crippen LogP contribution in [0.25, 0.3) is 10.8 Å². The van der Waals surface area contributed by atoms with E-state index in [4.69, 9.17) is 14.6 Å². The Hall–Kier alpha value is -1.71. The van der Waals surface area contributed by atoms with Gasteiger partial charge in [0.15, 0.2) is 6.10 Å². The minimum Gasteiger partial charge on any atom is -0.479 e. The van der Waals surface area contributed by atoms with E-state index >= 15 is 0 Å². The van der Waals surface area contributed by atoms with E-state index < -0.39 is 36.7 Å². The van der Waals surface area contributed by atoms with Gasteiger partial charge in [0.1, 0.15) is 24.1 Å². The summed E-state index contributed by atoms with van der Waals surface area (Å²) >= 11 is 3.38. The molecule has 3 rings (SSSR count). The van der Waals surface area contributed by atoms with Gasteiger partial charge in [-0.25, -0.2) is 4.79 Å². The average Bonchev–Trinajstić information content (AvgIpc) is 2.55. The Morgan fingerprint density at radius 3 is 2.38 bits per heavy atom. The lowest BCUT2D eigenvalue weighted by molar-refractivity contribution is -0.271. The number of aliphatic hydroxyl groups excluding tert-OH is 3. The van der Waals surface area contributed by atoms with Crippen molar-refractivity contribution in [2.75, 3.05) is 0 Å². The van der Waals surface area contributed by atoms with Crippen molar-refractivity contribution >= 4 is 32.7 Å². The normalized spacial score (nSPS) is 30.2. The van der Waals surface area contributed by atoms with Crippen LogP contribution >= 0.6 is 15.9 Å². The molecule has 1 aliphatic rings. The molecule has 0 saturated carbocycles. The third-order valence-corrected chi connectivity index (χ3v) is 4.33. The quantitative estimate of drug-likeness (QED) is 0.605. The maximum Gasteiger partial charge on any atom is 0.335 e. The molecule has 4 N–H and O–H groups in total. The van der Waals surface area contributed by atoms with Crippen molar-refractivity contribution in [2.45, 2.75) is 30.7 Å². The summed E-state index contributed by atoms with van der Waals surface area (Å²) < 4.78 is 11.5. The van der Waals surface area contributed by atoms with Crippen molar-refractivity contribution in [3.05, 3.63) is 40.9 Å². The Morgan fingerprint density at radius 2 is 1.67 bits per heavy atom. The molecule has 0 bridgehead atoms. The zero-order valence-electron chi connectivity index (χ0n) is 12.2. The van der Waals surface area contributed by atoms with E-state index in [9.17, 15) is 20.1 Å². The molecule has 128 valence electrons. The van der Waals surface area contributed by atoms with Crippen molar-refractivity contribution in [3.8, 4) is 5.75 Å². The standard InChI is InChI=1S/C16H15BrO7/c17-9-3-1-8-6-10(4-2-7(8)5-9)23-16-13(20)11(18)12(19)14(24-16)15(21)22/h1-6,11-14,16,18-20H,(H,21,22)/t11-,12-,13+,14-,16+/m0/s1. The van der Waals surface area contributed by atoms with Crippen molar-refractivity contribution in [2.24, 2.45) is 0 Å². The lowest BCUT2D eigenvalue weighted by atomic mass is 9.99. The van der Waals surface area contributed by atoms with Crippen LogP contribution < -0.4 is 4.74 Å². The number of ether oxygens (including phenoxy) is 2. The van der Waals surface area contributed by atoms with Gasteiger partial charge in [-0.1, -0.05) is 28.1 Å². The van der Waals surface area contributed by atoms with Crippen LogP contribution in [0.4, 0.5) is 0 Å². The Bertz CT molecular complexity index is 765. The van der Waals surface area contributed by atoms with E-state index in [0.29, 0.717) is 5.75 Å². The highest BCUT2D eigenvalue weighted by Crippen LogP contribution is 2.28. The highest BCUT2D eigenvalue weighted by atomic mass is 79.9. The summed E-state index contributed by atoms with van der Waals surface area (Å²) in [5, 5.41) is 40.3. The van der Waals surface area contributed by atoms with Gasteiger partial charge in [0, 0.05) is 4.47 Å². The zero-order valence-corrected chi connectivity index (χ0v) is 13.8. The number of halogens is 1. The number of carbonyl (C=O) groups is 1. The third-order valence-electron chi connectivity index (χ3n) is 3.84. The number of carboxylic acid groups (broad SMARTS) is 1. The van der Waals surface area contributed by atoms with Gasteiger partial charge < -0.3 is 29.9 Å². The monoisotopic (exact) mass is 398 g/mol. The summed E-state index contributed by atoms with van der Waals surface area (Å²) in [7, 11) is 0. The Labute approximate surface area is 145 Å². The van der Waals surface area contributed by atoms with E-state index in [1.165, 1.54) is 0 Å². The van der Waals surface area contributed by atoms with E-state index in [1.54, 1.807) is 18.2 Å². The van der Waals surface area contributed by atoms with Crippen LogP contribution in [0.15, 0.2) is 40.9 Å². The fourth-order valence-corrected chi connectivity index (χ4v) is 2.93. The lowest BCUT2D eigenvalue weighted by Gasteiger charge is -2.38. The molecule has 24 heavy (non-hydrogen) atoms. The average molecular weight is 399 g/mol. The van der Waals surface area contributed by atoms with Gasteiger partial charge >= 0.3 is 5.97 Å². The third kappa shape index (κ3) is 3.24. The van der Waals surface area contributed by atoms with Gasteiger partial charge in [-0.2, -0.15) is 0 Å². The topological polar surface area (TPSA) is 116 Å². The molecule has 5 atom stereocenters. The maximum atomic E-state index is 11.1. The van der Waals surface area contributed by atoms with Crippen LogP contribution in [-0.4, -0.2) is 57.1 Å². The fourth-order valence-electron chi connectivity index (χ4n) is 2.55. The van der Waals surface area contributed by atoms with Crippen LogP contribution in [-0.2, 0) is 9.53 Å². The summed E-state index contributed by atoms with van der Waals surface area (Å²) in [5.74, 6) is -1.12. The lowest BCUT2D eigenvalue weighted by Crippen LogP contribution is -2.61. The first-order valence-corrected chi connectivity index (χ1v) is 7.94. The van der Waals surface area contributed by atoms with E-state index in [-0.39, 0.29) is 0 Å².